The van der Waals surface area contributed by atoms with Crippen LogP contribution in [0.3, 0.4) is 0 Å². The molecule has 0 saturated carbocycles. The van der Waals surface area contributed by atoms with Gasteiger partial charge in [0.15, 0.2) is 5.96 Å². The topological polar surface area (TPSA) is 95.2 Å². The Morgan fingerprint density at radius 3 is 2.34 bits per heavy atom. The van der Waals surface area contributed by atoms with Gasteiger partial charge in [0.2, 0.25) is 5.89 Å². The molecule has 0 bridgehead atoms. The number of aromatic nitrogens is 1. The fourth-order valence-corrected chi connectivity index (χ4v) is 3.11. The lowest BCUT2D eigenvalue weighted by molar-refractivity contribution is 0.0145. The lowest BCUT2D eigenvalue weighted by Crippen LogP contribution is -2.50. The summed E-state index contributed by atoms with van der Waals surface area (Å²) in [6, 6.07) is 0. The number of halogens is 1. The number of carbonyl (C=O) groups is 1. The summed E-state index contributed by atoms with van der Waals surface area (Å²) < 4.78 is 11.2. The number of aliphatic imine (C=N–C) groups is 1. The maximum Gasteiger partial charge on any atom is 0.410 e. The van der Waals surface area contributed by atoms with Crippen molar-refractivity contribution in [2.45, 2.75) is 65.5 Å². The van der Waals surface area contributed by atoms with Crippen LogP contribution < -0.4 is 10.6 Å². The molecule has 0 aromatic carbocycles. The first-order valence-electron chi connectivity index (χ1n) is 11.1. The minimum atomic E-state index is -0.450. The molecule has 0 spiro atoms. The second-order valence-electron chi connectivity index (χ2n) is 9.88. The van der Waals surface area contributed by atoms with Crippen molar-refractivity contribution >= 4 is 36.0 Å². The molecule has 32 heavy (non-hydrogen) atoms. The van der Waals surface area contributed by atoms with Crippen LogP contribution >= 0.6 is 24.0 Å². The SMILES string of the molecule is CN=C(NCCCN1CCN(C(=O)OC(C)(C)C)CC1)NCc1ncc(C(C)(C)C)o1.I. The number of ether oxygens (including phenoxy) is 1. The molecule has 184 valence electrons. The zero-order chi connectivity index (χ0) is 23.1. The molecule has 1 aromatic heterocycles. The van der Waals surface area contributed by atoms with Gasteiger partial charge in [-0.15, -0.1) is 24.0 Å². The lowest BCUT2D eigenvalue weighted by Gasteiger charge is -2.35. The molecule has 0 atom stereocenters. The van der Waals surface area contributed by atoms with Crippen molar-refractivity contribution in [2.24, 2.45) is 4.99 Å². The highest BCUT2D eigenvalue weighted by Crippen LogP contribution is 2.22. The molecule has 1 aliphatic rings. The summed E-state index contributed by atoms with van der Waals surface area (Å²) in [5, 5.41) is 6.56. The highest BCUT2D eigenvalue weighted by molar-refractivity contribution is 14.0. The molecule has 9 nitrogen and oxygen atoms in total. The molecule has 2 N–H and O–H groups in total. The second kappa shape index (κ2) is 12.6. The molecule has 10 heteroatoms. The predicted octanol–water partition coefficient (Wildman–Crippen LogP) is 3.20. The summed E-state index contributed by atoms with van der Waals surface area (Å²) in [6.45, 7) is 17.4. The fourth-order valence-electron chi connectivity index (χ4n) is 3.11. The van der Waals surface area contributed by atoms with Crippen molar-refractivity contribution in [1.29, 1.82) is 0 Å². The second-order valence-corrected chi connectivity index (χ2v) is 9.88. The van der Waals surface area contributed by atoms with E-state index in [0.717, 1.165) is 44.3 Å². The van der Waals surface area contributed by atoms with Crippen LogP contribution in [0.1, 0.15) is 59.6 Å². The monoisotopic (exact) mass is 564 g/mol. The highest BCUT2D eigenvalue weighted by atomic mass is 127. The van der Waals surface area contributed by atoms with E-state index in [0.29, 0.717) is 25.5 Å². The molecule has 1 aliphatic heterocycles. The van der Waals surface area contributed by atoms with Gasteiger partial charge in [-0.2, -0.15) is 0 Å². The molecule has 1 aromatic rings. The van der Waals surface area contributed by atoms with Gasteiger partial charge in [0.1, 0.15) is 11.4 Å². The van der Waals surface area contributed by atoms with Crippen LogP contribution in [0.15, 0.2) is 15.6 Å². The largest absolute Gasteiger partial charge is 0.444 e. The third kappa shape index (κ3) is 9.93. The average Bonchev–Trinajstić information content (AvgIpc) is 3.16. The number of amides is 1. The first-order chi connectivity index (χ1) is 14.5. The Morgan fingerprint density at radius 1 is 1.16 bits per heavy atom. The third-order valence-corrected chi connectivity index (χ3v) is 4.89. The number of guanidine groups is 1. The Hall–Kier alpha value is -1.56. The van der Waals surface area contributed by atoms with E-state index in [-0.39, 0.29) is 35.5 Å². The third-order valence-electron chi connectivity index (χ3n) is 4.89. The van der Waals surface area contributed by atoms with E-state index in [1.165, 1.54) is 0 Å². The number of piperazine rings is 1. The number of hydrogen-bond acceptors (Lipinski definition) is 6. The molecular weight excluding hydrogens is 523 g/mol. The molecular formula is C22H41IN6O3. The Bertz CT molecular complexity index is 731. The Labute approximate surface area is 209 Å². The number of hydrogen-bond donors (Lipinski definition) is 2. The summed E-state index contributed by atoms with van der Waals surface area (Å²) in [7, 11) is 1.75. The van der Waals surface area contributed by atoms with Crippen LogP contribution in [-0.2, 0) is 16.7 Å². The molecule has 2 heterocycles. The number of nitrogens with zero attached hydrogens (tertiary/aromatic N) is 4. The molecule has 1 amide bonds. The number of nitrogens with one attached hydrogen (secondary N) is 2. The van der Waals surface area contributed by atoms with Crippen molar-refractivity contribution in [2.75, 3.05) is 46.3 Å². The van der Waals surface area contributed by atoms with Gasteiger partial charge in [-0.1, -0.05) is 20.8 Å². The normalized spacial score (nSPS) is 15.8. The maximum atomic E-state index is 12.1. The van der Waals surface area contributed by atoms with Gasteiger partial charge in [0.25, 0.3) is 0 Å². The van der Waals surface area contributed by atoms with Crippen molar-refractivity contribution < 1.29 is 13.9 Å². The summed E-state index contributed by atoms with van der Waals surface area (Å²) in [5.41, 5.74) is -0.502. The predicted molar refractivity (Wildman–Crippen MR) is 138 cm³/mol. The van der Waals surface area contributed by atoms with Gasteiger partial charge in [0, 0.05) is 45.2 Å². The van der Waals surface area contributed by atoms with Crippen LogP contribution in [0.4, 0.5) is 4.79 Å². The maximum absolute atomic E-state index is 12.1. The zero-order valence-electron chi connectivity index (χ0n) is 20.7. The van der Waals surface area contributed by atoms with Gasteiger partial charge in [0.05, 0.1) is 12.7 Å². The van der Waals surface area contributed by atoms with Crippen molar-refractivity contribution in [3.8, 4) is 0 Å². The fraction of sp³-hybridized carbons (Fsp3) is 0.773. The molecule has 0 unspecified atom stereocenters. The van der Waals surface area contributed by atoms with Gasteiger partial charge < -0.3 is 24.7 Å². The number of oxazole rings is 1. The standard InChI is InChI=1S/C22H40N6O3.HI/c1-21(2,3)17-15-25-18(30-17)16-26-19(23-7)24-9-8-10-27-11-13-28(14-12-27)20(29)31-22(4,5)6;/h15H,8-14,16H2,1-7H3,(H2,23,24,26);1H. The van der Waals surface area contributed by atoms with Crippen LogP contribution in [0, 0.1) is 0 Å². The Balaban J connectivity index is 0.00000512. The molecule has 1 saturated heterocycles. The van der Waals surface area contributed by atoms with Crippen LogP contribution in [0.25, 0.3) is 0 Å². The minimum Gasteiger partial charge on any atom is -0.444 e. The average molecular weight is 565 g/mol. The summed E-state index contributed by atoms with van der Waals surface area (Å²) in [4.78, 5) is 24.9. The van der Waals surface area contributed by atoms with Crippen LogP contribution in [0.5, 0.6) is 0 Å². The van der Waals surface area contributed by atoms with E-state index >= 15 is 0 Å². The molecule has 1 fully saturated rings. The van der Waals surface area contributed by atoms with Crippen LogP contribution in [-0.4, -0.2) is 78.8 Å². The Morgan fingerprint density at radius 2 is 1.81 bits per heavy atom. The van der Waals surface area contributed by atoms with Crippen LogP contribution in [0.2, 0.25) is 0 Å². The first kappa shape index (κ1) is 28.5. The van der Waals surface area contributed by atoms with Crippen molar-refractivity contribution in [3.05, 3.63) is 17.8 Å². The quantitative estimate of drug-likeness (QED) is 0.237. The van der Waals surface area contributed by atoms with E-state index in [9.17, 15) is 4.79 Å². The van der Waals surface area contributed by atoms with Gasteiger partial charge in [-0.25, -0.2) is 9.78 Å². The van der Waals surface area contributed by atoms with E-state index in [4.69, 9.17) is 9.15 Å². The van der Waals surface area contributed by atoms with E-state index in [1.54, 1.807) is 18.1 Å². The smallest absolute Gasteiger partial charge is 0.410 e. The van der Waals surface area contributed by atoms with Gasteiger partial charge in [-0.3, -0.25) is 9.89 Å². The lowest BCUT2D eigenvalue weighted by atomic mass is 9.94. The van der Waals surface area contributed by atoms with Gasteiger partial charge >= 0.3 is 6.09 Å². The van der Waals surface area contributed by atoms with E-state index in [2.05, 4.69) is 46.3 Å². The summed E-state index contributed by atoms with van der Waals surface area (Å²) >= 11 is 0. The molecule has 0 radical (unpaired) electrons. The minimum absolute atomic E-state index is 0. The molecule has 0 aliphatic carbocycles. The molecule has 2 rings (SSSR count). The van der Waals surface area contributed by atoms with Crippen molar-refractivity contribution in [1.82, 2.24) is 25.4 Å². The highest BCUT2D eigenvalue weighted by Gasteiger charge is 2.25. The zero-order valence-corrected chi connectivity index (χ0v) is 23.0. The van der Waals surface area contributed by atoms with Gasteiger partial charge in [-0.05, 0) is 33.7 Å². The summed E-state index contributed by atoms with van der Waals surface area (Å²) in [6.07, 6.45) is 2.56. The van der Waals surface area contributed by atoms with E-state index < -0.39 is 5.60 Å². The van der Waals surface area contributed by atoms with E-state index in [1.807, 2.05) is 20.8 Å². The first-order valence-corrected chi connectivity index (χ1v) is 11.1. The number of carbonyl (C=O) groups excluding carboxylic acids is 1. The Kier molecular flexibility index (Phi) is 11.2. The van der Waals surface area contributed by atoms with Crippen molar-refractivity contribution in [3.63, 3.8) is 0 Å². The number of rotatable bonds is 6. The summed E-state index contributed by atoms with van der Waals surface area (Å²) in [5.74, 6) is 2.25.